The summed E-state index contributed by atoms with van der Waals surface area (Å²) in [7, 11) is 1.78. The first-order valence-corrected chi connectivity index (χ1v) is 8.52. The molecule has 0 radical (unpaired) electrons. The number of nitro groups is 1. The topological polar surface area (TPSA) is 111 Å². The van der Waals surface area contributed by atoms with E-state index in [0.717, 1.165) is 5.69 Å². The van der Waals surface area contributed by atoms with Gasteiger partial charge in [0.05, 0.1) is 5.69 Å². The van der Waals surface area contributed by atoms with Gasteiger partial charge in [0.25, 0.3) is 10.9 Å². The van der Waals surface area contributed by atoms with Crippen LogP contribution in [0.3, 0.4) is 0 Å². The summed E-state index contributed by atoms with van der Waals surface area (Å²) in [6.45, 7) is 2.38. The third-order valence-electron chi connectivity index (χ3n) is 4.18. The molecule has 1 aliphatic rings. The molecule has 11 heteroatoms. The molecule has 1 fully saturated rings. The average Bonchev–Trinajstić information content (AvgIpc) is 3.25. The van der Waals surface area contributed by atoms with E-state index < -0.39 is 11.0 Å². The van der Waals surface area contributed by atoms with Crippen LogP contribution in [0.1, 0.15) is 12.1 Å². The summed E-state index contributed by atoms with van der Waals surface area (Å²) in [6.07, 6.45) is 2.13. The summed E-state index contributed by atoms with van der Waals surface area (Å²) < 4.78 is 3.07. The van der Waals surface area contributed by atoms with Gasteiger partial charge in [-0.15, -0.1) is 0 Å². The molecule has 0 bridgehead atoms. The van der Waals surface area contributed by atoms with E-state index in [1.54, 1.807) is 28.2 Å². The molecule has 10 nitrogen and oxygen atoms in total. The van der Waals surface area contributed by atoms with Gasteiger partial charge in [-0.3, -0.25) is 14.4 Å². The van der Waals surface area contributed by atoms with Crippen LogP contribution in [-0.4, -0.2) is 42.6 Å². The molecular weight excluding hydrogens is 346 g/mol. The summed E-state index contributed by atoms with van der Waals surface area (Å²) in [5.74, 6) is 0.540. The molecule has 3 aromatic heterocycles. The van der Waals surface area contributed by atoms with Gasteiger partial charge in [0.2, 0.25) is 5.82 Å². The molecule has 0 saturated carbocycles. The van der Waals surface area contributed by atoms with Crippen molar-refractivity contribution in [3.05, 3.63) is 33.5 Å². The van der Waals surface area contributed by atoms with Crippen LogP contribution < -0.4 is 10.2 Å². The molecule has 0 aromatic carbocycles. The number of carbonyl (C=O) groups is 1. The quantitative estimate of drug-likeness (QED) is 0.558. The first kappa shape index (κ1) is 15.6. The molecule has 1 amide bonds. The van der Waals surface area contributed by atoms with Crippen LogP contribution in [0.4, 0.5) is 17.5 Å². The summed E-state index contributed by atoms with van der Waals surface area (Å²) in [6, 6.07) is 1.29. The van der Waals surface area contributed by atoms with Crippen molar-refractivity contribution in [3.8, 4) is 0 Å². The fourth-order valence-electron chi connectivity index (χ4n) is 3.10. The summed E-state index contributed by atoms with van der Waals surface area (Å²) in [4.78, 5) is 30.0. The van der Waals surface area contributed by atoms with E-state index in [0.29, 0.717) is 23.7 Å². The number of nitrogens with zero attached hydrogens (tertiary/aromatic N) is 6. The number of hydrogen-bond donors (Lipinski definition) is 1. The van der Waals surface area contributed by atoms with Crippen molar-refractivity contribution >= 4 is 39.7 Å². The number of aromatic nitrogens is 4. The highest BCUT2D eigenvalue weighted by Gasteiger charge is 2.36. The average molecular weight is 361 g/mol. The second kappa shape index (κ2) is 5.55. The van der Waals surface area contributed by atoms with Crippen LogP contribution in [0, 0.1) is 17.0 Å². The molecule has 1 aliphatic heterocycles. The summed E-state index contributed by atoms with van der Waals surface area (Å²) in [5, 5.41) is 20.3. The Morgan fingerprint density at radius 2 is 2.28 bits per heavy atom. The number of amides is 1. The van der Waals surface area contributed by atoms with Crippen LogP contribution in [-0.2, 0) is 11.8 Å². The minimum absolute atomic E-state index is 0.123. The van der Waals surface area contributed by atoms with Crippen LogP contribution in [0.2, 0.25) is 0 Å². The number of rotatable bonds is 4. The minimum atomic E-state index is -0.557. The normalized spacial score (nSPS) is 17.6. The number of hydrogen-bond acceptors (Lipinski definition) is 7. The highest BCUT2D eigenvalue weighted by Crippen LogP contribution is 2.30. The largest absolute Gasteiger partial charge is 0.372 e. The van der Waals surface area contributed by atoms with Crippen molar-refractivity contribution in [1.82, 2.24) is 19.2 Å². The van der Waals surface area contributed by atoms with E-state index >= 15 is 0 Å². The van der Waals surface area contributed by atoms with Gasteiger partial charge in [0.1, 0.15) is 18.1 Å². The predicted octanol–water partition coefficient (Wildman–Crippen LogP) is 1.56. The van der Waals surface area contributed by atoms with Crippen LogP contribution in [0.15, 0.2) is 17.6 Å². The molecule has 1 atom stereocenters. The number of thiazole rings is 1. The standard InChI is InChI=1S/C14H15N7O3S/c1-8-7-10(18(2)17-8)19-4-3-9(13(19)22)15-11-12(21(23)24)20-5-6-25-14(20)16-11/h5-7,9,15H,3-4H2,1-2H3. The molecule has 0 aliphatic carbocycles. The zero-order chi connectivity index (χ0) is 17.7. The monoisotopic (exact) mass is 361 g/mol. The number of aryl methyl sites for hydroxylation is 2. The molecule has 4 heterocycles. The maximum Gasteiger partial charge on any atom is 0.372 e. The Morgan fingerprint density at radius 3 is 2.96 bits per heavy atom. The first-order chi connectivity index (χ1) is 12.0. The molecule has 130 valence electrons. The van der Waals surface area contributed by atoms with E-state index in [9.17, 15) is 14.9 Å². The molecule has 3 aromatic rings. The fourth-order valence-corrected chi connectivity index (χ4v) is 3.81. The first-order valence-electron chi connectivity index (χ1n) is 7.64. The van der Waals surface area contributed by atoms with E-state index in [2.05, 4.69) is 15.4 Å². The Labute approximate surface area is 145 Å². The van der Waals surface area contributed by atoms with Crippen molar-refractivity contribution in [1.29, 1.82) is 0 Å². The van der Waals surface area contributed by atoms with Crippen molar-refractivity contribution in [3.63, 3.8) is 0 Å². The zero-order valence-electron chi connectivity index (χ0n) is 13.5. The van der Waals surface area contributed by atoms with Crippen molar-refractivity contribution in [2.45, 2.75) is 19.4 Å². The van der Waals surface area contributed by atoms with Gasteiger partial charge in [-0.25, -0.2) is 0 Å². The summed E-state index contributed by atoms with van der Waals surface area (Å²) in [5.41, 5.74) is 0.826. The second-order valence-corrected chi connectivity index (χ2v) is 6.71. The van der Waals surface area contributed by atoms with Gasteiger partial charge >= 0.3 is 5.82 Å². The predicted molar refractivity (Wildman–Crippen MR) is 92.0 cm³/mol. The van der Waals surface area contributed by atoms with Crippen molar-refractivity contribution < 1.29 is 9.72 Å². The Bertz CT molecular complexity index is 988. The van der Waals surface area contributed by atoms with Crippen LogP contribution in [0.25, 0.3) is 4.96 Å². The van der Waals surface area contributed by atoms with E-state index in [1.165, 1.54) is 15.7 Å². The maximum atomic E-state index is 12.7. The Kier molecular flexibility index (Phi) is 3.46. The van der Waals surface area contributed by atoms with Crippen LogP contribution in [0.5, 0.6) is 0 Å². The van der Waals surface area contributed by atoms with E-state index in [4.69, 9.17) is 0 Å². The number of imidazole rings is 1. The lowest BCUT2D eigenvalue weighted by Crippen LogP contribution is -2.34. The van der Waals surface area contributed by atoms with Gasteiger partial charge in [0, 0.05) is 25.0 Å². The molecule has 25 heavy (non-hydrogen) atoms. The second-order valence-electron chi connectivity index (χ2n) is 5.84. The van der Waals surface area contributed by atoms with E-state index in [-0.39, 0.29) is 17.5 Å². The fraction of sp³-hybridized carbons (Fsp3) is 0.357. The molecule has 1 N–H and O–H groups in total. The van der Waals surface area contributed by atoms with Crippen molar-refractivity contribution in [2.75, 3.05) is 16.8 Å². The smallest absolute Gasteiger partial charge is 0.358 e. The number of carbonyl (C=O) groups excluding carboxylic acids is 1. The number of anilines is 2. The third-order valence-corrected chi connectivity index (χ3v) is 4.94. The maximum absolute atomic E-state index is 12.7. The Morgan fingerprint density at radius 1 is 1.48 bits per heavy atom. The van der Waals surface area contributed by atoms with Gasteiger partial charge in [0.15, 0.2) is 0 Å². The van der Waals surface area contributed by atoms with Gasteiger partial charge < -0.3 is 15.4 Å². The molecule has 4 rings (SSSR count). The number of fused-ring (bicyclic) bond motifs is 1. The van der Waals surface area contributed by atoms with Gasteiger partial charge in [-0.2, -0.15) is 14.5 Å². The zero-order valence-corrected chi connectivity index (χ0v) is 14.4. The highest BCUT2D eigenvalue weighted by atomic mass is 32.1. The Balaban J connectivity index is 1.61. The summed E-state index contributed by atoms with van der Waals surface area (Å²) >= 11 is 1.30. The van der Waals surface area contributed by atoms with Crippen molar-refractivity contribution in [2.24, 2.45) is 7.05 Å². The number of nitrogens with one attached hydrogen (secondary N) is 1. The molecule has 1 unspecified atom stereocenters. The molecular formula is C14H15N7O3S. The Hall–Kier alpha value is -2.95. The van der Waals surface area contributed by atoms with E-state index in [1.807, 2.05) is 13.0 Å². The van der Waals surface area contributed by atoms with Crippen LogP contribution >= 0.6 is 11.3 Å². The van der Waals surface area contributed by atoms with Gasteiger partial charge in [-0.1, -0.05) is 11.3 Å². The lowest BCUT2D eigenvalue weighted by Gasteiger charge is -2.16. The molecule has 1 saturated heterocycles. The lowest BCUT2D eigenvalue weighted by molar-refractivity contribution is -0.389. The SMILES string of the molecule is Cc1cc(N2CCC(Nc3nc4sccn4c3[N+](=O)[O-])C2=O)n(C)n1. The minimum Gasteiger partial charge on any atom is -0.358 e. The molecule has 0 spiro atoms. The lowest BCUT2D eigenvalue weighted by atomic mass is 10.2. The third kappa shape index (κ3) is 2.43. The van der Waals surface area contributed by atoms with Gasteiger partial charge in [-0.05, 0) is 18.3 Å². The highest BCUT2D eigenvalue weighted by molar-refractivity contribution is 7.15.